The number of hydrogen-bond donors (Lipinski definition) is 2. The predicted molar refractivity (Wildman–Crippen MR) is 103 cm³/mol. The van der Waals surface area contributed by atoms with Crippen LogP contribution in [0.4, 0.5) is 5.69 Å². The van der Waals surface area contributed by atoms with Crippen LogP contribution in [-0.2, 0) is 12.8 Å². The van der Waals surface area contributed by atoms with Gasteiger partial charge in [0.25, 0.3) is 5.69 Å². The molecule has 2 saturated carbocycles. The molecule has 1 aromatic rings. The first-order chi connectivity index (χ1) is 11.8. The molecule has 2 fully saturated rings. The number of rotatable bonds is 6. The lowest BCUT2D eigenvalue weighted by Crippen LogP contribution is -2.38. The van der Waals surface area contributed by atoms with Gasteiger partial charge < -0.3 is 10.8 Å². The third-order valence-electron chi connectivity index (χ3n) is 6.27. The predicted octanol–water partition coefficient (Wildman–Crippen LogP) is 3.71. The van der Waals surface area contributed by atoms with Gasteiger partial charge in [-0.25, -0.2) is 0 Å². The van der Waals surface area contributed by atoms with Crippen molar-refractivity contribution in [1.29, 1.82) is 0 Å². The van der Waals surface area contributed by atoms with Crippen molar-refractivity contribution < 1.29 is 10.0 Å². The van der Waals surface area contributed by atoms with E-state index in [9.17, 15) is 15.2 Å². The molecule has 25 heavy (non-hydrogen) atoms. The fourth-order valence-electron chi connectivity index (χ4n) is 4.74. The molecule has 3 rings (SSSR count). The molecule has 2 unspecified atom stereocenters. The Bertz CT molecular complexity index is 636. The van der Waals surface area contributed by atoms with E-state index in [0.717, 1.165) is 62.5 Å². The summed E-state index contributed by atoms with van der Waals surface area (Å²) < 4.78 is 0. The van der Waals surface area contributed by atoms with Crippen LogP contribution in [-0.4, -0.2) is 21.4 Å². The van der Waals surface area contributed by atoms with E-state index < -0.39 is 5.85 Å². The van der Waals surface area contributed by atoms with Crippen molar-refractivity contribution in [3.8, 4) is 0 Å². The number of nitrogens with zero attached hydrogens (tertiary/aromatic N) is 1. The highest BCUT2D eigenvalue weighted by Crippen LogP contribution is 2.46. The van der Waals surface area contributed by atoms with E-state index in [-0.39, 0.29) is 21.6 Å². The number of nitrogens with two attached hydrogens (primary N) is 1. The van der Waals surface area contributed by atoms with Gasteiger partial charge in [-0.2, -0.15) is 0 Å². The zero-order valence-electron chi connectivity index (χ0n) is 14.7. The van der Waals surface area contributed by atoms with Crippen LogP contribution < -0.4 is 5.73 Å². The van der Waals surface area contributed by atoms with Crippen LogP contribution in [0.25, 0.3) is 0 Å². The van der Waals surface area contributed by atoms with Crippen molar-refractivity contribution in [2.24, 2.45) is 11.1 Å². The Balaban J connectivity index is 1.85. The van der Waals surface area contributed by atoms with Gasteiger partial charge in [0.15, 0.2) is 0 Å². The number of nitro benzene ring substituents is 1. The SMILES string of the molecule is NC1(Cc2ccc(CC3(C(O)P)CCCC3)cc2[N+](=O)[O-])CCCC1. The van der Waals surface area contributed by atoms with Crippen LogP contribution in [0.15, 0.2) is 18.2 Å². The molecular formula is C19H29N2O3P. The molecular weight excluding hydrogens is 335 g/mol. The molecule has 3 N–H and O–H groups in total. The van der Waals surface area contributed by atoms with Crippen LogP contribution in [0.1, 0.15) is 62.5 Å². The topological polar surface area (TPSA) is 89.4 Å². The smallest absolute Gasteiger partial charge is 0.272 e. The number of hydrogen-bond acceptors (Lipinski definition) is 4. The third kappa shape index (κ3) is 4.05. The molecule has 2 aliphatic rings. The number of aliphatic hydroxyl groups excluding tert-OH is 1. The minimum absolute atomic E-state index is 0.166. The van der Waals surface area contributed by atoms with Gasteiger partial charge >= 0.3 is 0 Å². The van der Waals surface area contributed by atoms with E-state index in [1.807, 2.05) is 12.1 Å². The van der Waals surface area contributed by atoms with E-state index in [0.29, 0.717) is 12.8 Å². The van der Waals surface area contributed by atoms with Crippen molar-refractivity contribution in [2.75, 3.05) is 0 Å². The Morgan fingerprint density at radius 1 is 1.16 bits per heavy atom. The molecule has 0 bridgehead atoms. The minimum Gasteiger partial charge on any atom is -0.389 e. The van der Waals surface area contributed by atoms with E-state index in [1.165, 1.54) is 0 Å². The third-order valence-corrected chi connectivity index (χ3v) is 6.98. The number of benzene rings is 1. The van der Waals surface area contributed by atoms with E-state index in [4.69, 9.17) is 5.73 Å². The minimum atomic E-state index is -0.473. The monoisotopic (exact) mass is 364 g/mol. The second-order valence-electron chi connectivity index (χ2n) is 8.16. The lowest BCUT2D eigenvalue weighted by molar-refractivity contribution is -0.385. The molecule has 0 spiro atoms. The molecule has 6 heteroatoms. The van der Waals surface area contributed by atoms with Crippen molar-refractivity contribution in [1.82, 2.24) is 0 Å². The van der Waals surface area contributed by atoms with Gasteiger partial charge in [0.05, 0.1) is 10.8 Å². The summed E-state index contributed by atoms with van der Waals surface area (Å²) in [5.41, 5.74) is 7.83. The standard InChI is InChI=1S/C19H29N2O3P/c20-19(9-3-4-10-19)13-15-6-5-14(11-16(15)21(23)24)12-18(17(22)25)7-1-2-8-18/h5-6,11,17,22H,1-4,7-10,12-13,20,25H2. The maximum atomic E-state index is 11.6. The Morgan fingerprint density at radius 2 is 1.76 bits per heavy atom. The molecule has 138 valence electrons. The second-order valence-corrected chi connectivity index (χ2v) is 8.79. The Kier molecular flexibility index (Phi) is 5.48. The first kappa shape index (κ1) is 18.8. The summed E-state index contributed by atoms with van der Waals surface area (Å²) in [6, 6.07) is 5.59. The van der Waals surface area contributed by atoms with Crippen LogP contribution in [0.3, 0.4) is 0 Å². The Morgan fingerprint density at radius 3 is 2.32 bits per heavy atom. The van der Waals surface area contributed by atoms with Crippen LogP contribution in [0.5, 0.6) is 0 Å². The molecule has 1 aromatic carbocycles. The maximum Gasteiger partial charge on any atom is 0.272 e. The highest BCUT2D eigenvalue weighted by atomic mass is 31.0. The van der Waals surface area contributed by atoms with E-state index in [1.54, 1.807) is 6.07 Å². The molecule has 0 heterocycles. The number of nitro groups is 1. The summed E-state index contributed by atoms with van der Waals surface area (Å²) in [6.07, 6.45) is 9.52. The average Bonchev–Trinajstić information content (AvgIpc) is 3.19. The van der Waals surface area contributed by atoms with Gasteiger partial charge in [-0.3, -0.25) is 10.1 Å². The second kappa shape index (κ2) is 7.30. The average molecular weight is 364 g/mol. The quantitative estimate of drug-likeness (QED) is 0.457. The molecule has 0 amide bonds. The molecule has 5 nitrogen and oxygen atoms in total. The van der Waals surface area contributed by atoms with Gasteiger partial charge in [0, 0.05) is 22.6 Å². The molecule has 0 saturated heterocycles. The lowest BCUT2D eigenvalue weighted by Gasteiger charge is -2.32. The first-order valence-electron chi connectivity index (χ1n) is 9.32. The largest absolute Gasteiger partial charge is 0.389 e. The normalized spacial score (nSPS) is 22.8. The van der Waals surface area contributed by atoms with Crippen molar-refractivity contribution >= 4 is 14.9 Å². The van der Waals surface area contributed by atoms with Crippen molar-refractivity contribution in [3.63, 3.8) is 0 Å². The van der Waals surface area contributed by atoms with Crippen LogP contribution in [0.2, 0.25) is 0 Å². The fraction of sp³-hybridized carbons (Fsp3) is 0.684. The highest BCUT2D eigenvalue weighted by Gasteiger charge is 2.39. The summed E-state index contributed by atoms with van der Waals surface area (Å²) >= 11 is 0. The zero-order valence-corrected chi connectivity index (χ0v) is 15.9. The van der Waals surface area contributed by atoms with E-state index >= 15 is 0 Å². The van der Waals surface area contributed by atoms with Gasteiger partial charge in [-0.1, -0.05) is 37.8 Å². The molecule has 0 aromatic heterocycles. The van der Waals surface area contributed by atoms with Gasteiger partial charge in [0.1, 0.15) is 0 Å². The number of aliphatic hydroxyl groups is 1. The first-order valence-corrected chi connectivity index (χ1v) is 9.99. The molecule has 0 radical (unpaired) electrons. The Labute approximate surface area is 151 Å². The highest BCUT2D eigenvalue weighted by molar-refractivity contribution is 7.17. The Hall–Kier alpha value is -1.03. The zero-order chi connectivity index (χ0) is 18.1. The lowest BCUT2D eigenvalue weighted by atomic mass is 9.80. The summed E-state index contributed by atoms with van der Waals surface area (Å²) in [4.78, 5) is 11.3. The summed E-state index contributed by atoms with van der Waals surface area (Å²) in [5, 5.41) is 21.8. The van der Waals surface area contributed by atoms with Gasteiger partial charge in [0.2, 0.25) is 0 Å². The molecule has 0 aliphatic heterocycles. The summed E-state index contributed by atoms with van der Waals surface area (Å²) in [6.45, 7) is 0. The fourth-order valence-corrected chi connectivity index (χ4v) is 5.19. The van der Waals surface area contributed by atoms with Crippen molar-refractivity contribution in [2.45, 2.75) is 75.6 Å². The molecule has 2 atom stereocenters. The molecule has 2 aliphatic carbocycles. The van der Waals surface area contributed by atoms with E-state index in [2.05, 4.69) is 9.24 Å². The maximum absolute atomic E-state index is 11.6. The summed E-state index contributed by atoms with van der Waals surface area (Å²) in [5.74, 6) is -0.473. The van der Waals surface area contributed by atoms with Crippen LogP contribution in [0, 0.1) is 15.5 Å². The van der Waals surface area contributed by atoms with Gasteiger partial charge in [-0.15, -0.1) is 9.24 Å². The van der Waals surface area contributed by atoms with Crippen molar-refractivity contribution in [3.05, 3.63) is 39.4 Å². The van der Waals surface area contributed by atoms with Crippen LogP contribution >= 0.6 is 9.24 Å². The summed E-state index contributed by atoms with van der Waals surface area (Å²) in [7, 11) is 2.52. The van der Waals surface area contributed by atoms with Gasteiger partial charge in [-0.05, 0) is 44.1 Å².